The SMILES string of the molecule is CC(C)C(N)C(=O)NCC1CC=CCC1. The Morgan fingerprint density at radius 2 is 2.27 bits per heavy atom. The van der Waals surface area contributed by atoms with E-state index in [1.165, 1.54) is 6.42 Å². The minimum Gasteiger partial charge on any atom is -0.354 e. The Labute approximate surface area is 92.1 Å². The lowest BCUT2D eigenvalue weighted by Gasteiger charge is -2.20. The van der Waals surface area contributed by atoms with Crippen molar-refractivity contribution in [3.63, 3.8) is 0 Å². The molecule has 0 aliphatic heterocycles. The fourth-order valence-electron chi connectivity index (χ4n) is 1.71. The van der Waals surface area contributed by atoms with Crippen molar-refractivity contribution in [3.8, 4) is 0 Å². The topological polar surface area (TPSA) is 55.1 Å². The van der Waals surface area contributed by atoms with Gasteiger partial charge in [-0.15, -0.1) is 0 Å². The maximum absolute atomic E-state index is 11.6. The fraction of sp³-hybridized carbons (Fsp3) is 0.750. The number of hydrogen-bond acceptors (Lipinski definition) is 2. The van der Waals surface area contributed by atoms with Crippen LogP contribution in [0.15, 0.2) is 12.2 Å². The second-order valence-electron chi connectivity index (χ2n) is 4.67. The second kappa shape index (κ2) is 5.91. The highest BCUT2D eigenvalue weighted by Crippen LogP contribution is 2.16. The maximum atomic E-state index is 11.6. The second-order valence-corrected chi connectivity index (χ2v) is 4.67. The Bertz CT molecular complexity index is 236. The van der Waals surface area contributed by atoms with Gasteiger partial charge in [0, 0.05) is 6.54 Å². The van der Waals surface area contributed by atoms with Gasteiger partial charge in [-0.3, -0.25) is 4.79 Å². The molecule has 2 atom stereocenters. The Morgan fingerprint density at radius 1 is 1.53 bits per heavy atom. The lowest BCUT2D eigenvalue weighted by atomic mass is 9.94. The van der Waals surface area contributed by atoms with E-state index in [1.54, 1.807) is 0 Å². The molecule has 0 fully saturated rings. The van der Waals surface area contributed by atoms with Gasteiger partial charge < -0.3 is 11.1 Å². The number of allylic oxidation sites excluding steroid dienone is 2. The van der Waals surface area contributed by atoms with E-state index >= 15 is 0 Å². The molecular weight excluding hydrogens is 188 g/mol. The van der Waals surface area contributed by atoms with E-state index in [0.29, 0.717) is 5.92 Å². The number of carbonyl (C=O) groups excluding carboxylic acids is 1. The van der Waals surface area contributed by atoms with Crippen LogP contribution >= 0.6 is 0 Å². The normalized spacial score (nSPS) is 22.8. The molecule has 86 valence electrons. The highest BCUT2D eigenvalue weighted by Gasteiger charge is 2.18. The van der Waals surface area contributed by atoms with E-state index in [0.717, 1.165) is 19.4 Å². The Kier molecular flexibility index (Phi) is 4.82. The summed E-state index contributed by atoms with van der Waals surface area (Å²) >= 11 is 0. The van der Waals surface area contributed by atoms with Gasteiger partial charge in [0.2, 0.25) is 5.91 Å². The fourth-order valence-corrected chi connectivity index (χ4v) is 1.71. The number of rotatable bonds is 4. The molecule has 0 aromatic rings. The van der Waals surface area contributed by atoms with Gasteiger partial charge in [-0.05, 0) is 31.1 Å². The average molecular weight is 210 g/mol. The highest BCUT2D eigenvalue weighted by molar-refractivity contribution is 5.81. The molecule has 0 aromatic carbocycles. The van der Waals surface area contributed by atoms with Gasteiger partial charge in [-0.25, -0.2) is 0 Å². The van der Waals surface area contributed by atoms with Crippen molar-refractivity contribution in [1.29, 1.82) is 0 Å². The number of amides is 1. The molecule has 0 heterocycles. The first-order valence-corrected chi connectivity index (χ1v) is 5.79. The standard InChI is InChI=1S/C12H22N2O/c1-9(2)11(13)12(15)14-8-10-6-4-3-5-7-10/h3-4,9-11H,5-8,13H2,1-2H3,(H,14,15). The third kappa shape index (κ3) is 4.04. The van der Waals surface area contributed by atoms with E-state index in [-0.39, 0.29) is 17.9 Å². The predicted molar refractivity (Wildman–Crippen MR) is 62.3 cm³/mol. The number of nitrogens with one attached hydrogen (secondary N) is 1. The quantitative estimate of drug-likeness (QED) is 0.690. The molecule has 3 heteroatoms. The van der Waals surface area contributed by atoms with Crippen molar-refractivity contribution >= 4 is 5.91 Å². The van der Waals surface area contributed by atoms with E-state index < -0.39 is 0 Å². The van der Waals surface area contributed by atoms with Crippen LogP contribution in [0, 0.1) is 11.8 Å². The molecule has 1 rings (SSSR count). The van der Waals surface area contributed by atoms with Crippen molar-refractivity contribution < 1.29 is 4.79 Å². The first kappa shape index (κ1) is 12.2. The molecule has 0 saturated heterocycles. The molecule has 3 N–H and O–H groups in total. The van der Waals surface area contributed by atoms with Gasteiger partial charge >= 0.3 is 0 Å². The number of hydrogen-bond donors (Lipinski definition) is 2. The molecular formula is C12H22N2O. The predicted octanol–water partition coefficient (Wildman–Crippen LogP) is 1.44. The van der Waals surface area contributed by atoms with E-state index in [2.05, 4.69) is 17.5 Å². The van der Waals surface area contributed by atoms with Crippen LogP contribution in [0.2, 0.25) is 0 Å². The van der Waals surface area contributed by atoms with Gasteiger partial charge in [0.25, 0.3) is 0 Å². The summed E-state index contributed by atoms with van der Waals surface area (Å²) in [5.74, 6) is 0.786. The first-order chi connectivity index (χ1) is 7.11. The van der Waals surface area contributed by atoms with Crippen molar-refractivity contribution in [2.75, 3.05) is 6.54 Å². The lowest BCUT2D eigenvalue weighted by molar-refractivity contribution is -0.123. The third-order valence-electron chi connectivity index (χ3n) is 2.96. The largest absolute Gasteiger partial charge is 0.354 e. The van der Waals surface area contributed by atoms with Crippen molar-refractivity contribution in [2.24, 2.45) is 17.6 Å². The summed E-state index contributed by atoms with van der Waals surface area (Å²) in [7, 11) is 0. The molecule has 1 amide bonds. The summed E-state index contributed by atoms with van der Waals surface area (Å²) in [6, 6.07) is -0.371. The molecule has 1 aliphatic rings. The summed E-state index contributed by atoms with van der Waals surface area (Å²) in [6.07, 6.45) is 7.79. The third-order valence-corrected chi connectivity index (χ3v) is 2.96. The molecule has 2 unspecified atom stereocenters. The van der Waals surface area contributed by atoms with Crippen LogP contribution in [0.5, 0.6) is 0 Å². The van der Waals surface area contributed by atoms with Gasteiger partial charge in [0.15, 0.2) is 0 Å². The van der Waals surface area contributed by atoms with Crippen LogP contribution in [-0.4, -0.2) is 18.5 Å². The number of carbonyl (C=O) groups is 1. The van der Waals surface area contributed by atoms with Gasteiger partial charge in [-0.2, -0.15) is 0 Å². The zero-order valence-electron chi connectivity index (χ0n) is 9.70. The molecule has 15 heavy (non-hydrogen) atoms. The van der Waals surface area contributed by atoms with E-state index in [1.807, 2.05) is 13.8 Å². The van der Waals surface area contributed by atoms with Crippen LogP contribution in [-0.2, 0) is 4.79 Å². The Balaban J connectivity index is 2.24. The summed E-state index contributed by atoms with van der Waals surface area (Å²) in [5.41, 5.74) is 5.75. The minimum atomic E-state index is -0.371. The van der Waals surface area contributed by atoms with Crippen LogP contribution in [0.4, 0.5) is 0 Å². The zero-order chi connectivity index (χ0) is 11.3. The van der Waals surface area contributed by atoms with Crippen molar-refractivity contribution in [3.05, 3.63) is 12.2 Å². The van der Waals surface area contributed by atoms with Crippen LogP contribution in [0.3, 0.4) is 0 Å². The Morgan fingerprint density at radius 3 is 2.80 bits per heavy atom. The molecule has 3 nitrogen and oxygen atoms in total. The molecule has 1 aliphatic carbocycles. The van der Waals surface area contributed by atoms with Gasteiger partial charge in [0.1, 0.15) is 0 Å². The van der Waals surface area contributed by atoms with E-state index in [4.69, 9.17) is 5.73 Å². The molecule has 0 aromatic heterocycles. The zero-order valence-corrected chi connectivity index (χ0v) is 9.70. The number of nitrogens with two attached hydrogens (primary N) is 1. The van der Waals surface area contributed by atoms with Crippen molar-refractivity contribution in [2.45, 2.75) is 39.2 Å². The molecule has 0 spiro atoms. The summed E-state index contributed by atoms with van der Waals surface area (Å²) < 4.78 is 0. The van der Waals surface area contributed by atoms with Crippen molar-refractivity contribution in [1.82, 2.24) is 5.32 Å². The van der Waals surface area contributed by atoms with Gasteiger partial charge in [0.05, 0.1) is 6.04 Å². The smallest absolute Gasteiger partial charge is 0.237 e. The maximum Gasteiger partial charge on any atom is 0.237 e. The van der Waals surface area contributed by atoms with Crippen LogP contribution in [0.1, 0.15) is 33.1 Å². The van der Waals surface area contributed by atoms with Gasteiger partial charge in [-0.1, -0.05) is 26.0 Å². The van der Waals surface area contributed by atoms with Crippen LogP contribution in [0.25, 0.3) is 0 Å². The monoisotopic (exact) mass is 210 g/mol. The molecule has 0 bridgehead atoms. The average Bonchev–Trinajstić information content (AvgIpc) is 2.26. The summed E-state index contributed by atoms with van der Waals surface area (Å²) in [5, 5.41) is 2.94. The lowest BCUT2D eigenvalue weighted by Crippen LogP contribution is -2.45. The molecule has 0 radical (unpaired) electrons. The van der Waals surface area contributed by atoms with Crippen LogP contribution < -0.4 is 11.1 Å². The highest BCUT2D eigenvalue weighted by atomic mass is 16.2. The van der Waals surface area contributed by atoms with E-state index in [9.17, 15) is 4.79 Å². The first-order valence-electron chi connectivity index (χ1n) is 5.79. The summed E-state index contributed by atoms with van der Waals surface area (Å²) in [6.45, 7) is 4.70. The minimum absolute atomic E-state index is 0.0143. The Hall–Kier alpha value is -0.830. The summed E-state index contributed by atoms with van der Waals surface area (Å²) in [4.78, 5) is 11.6. The molecule has 0 saturated carbocycles.